The zero-order valence-corrected chi connectivity index (χ0v) is 9.06. The van der Waals surface area contributed by atoms with Crippen molar-refractivity contribution in [2.45, 2.75) is 18.9 Å². The smallest absolute Gasteiger partial charge is 0.101 e. The van der Waals surface area contributed by atoms with Crippen molar-refractivity contribution in [3.63, 3.8) is 0 Å². The fourth-order valence-corrected chi connectivity index (χ4v) is 2.24. The molecule has 0 spiro atoms. The summed E-state index contributed by atoms with van der Waals surface area (Å²) < 4.78 is 0. The number of nitrogens with zero attached hydrogens (tertiary/aromatic N) is 2. The van der Waals surface area contributed by atoms with Gasteiger partial charge in [-0.25, -0.2) is 0 Å². The van der Waals surface area contributed by atoms with E-state index in [1.165, 1.54) is 0 Å². The lowest BCUT2D eigenvalue weighted by atomic mass is 10.1. The zero-order valence-electron chi connectivity index (χ0n) is 9.06. The molecule has 1 unspecified atom stereocenters. The van der Waals surface area contributed by atoms with E-state index in [2.05, 4.69) is 11.0 Å². The topological polar surface area (TPSA) is 73.3 Å². The molecular formula is C12H15N3O. The minimum absolute atomic E-state index is 0.135. The Morgan fingerprint density at radius 1 is 1.56 bits per heavy atom. The van der Waals surface area contributed by atoms with Crippen molar-refractivity contribution in [3.05, 3.63) is 23.8 Å². The van der Waals surface area contributed by atoms with Gasteiger partial charge in [0.2, 0.25) is 0 Å². The molecule has 0 aromatic heterocycles. The Bertz CT molecular complexity index is 425. The molecule has 1 fully saturated rings. The quantitative estimate of drug-likeness (QED) is 0.727. The lowest BCUT2D eigenvalue weighted by Gasteiger charge is -2.26. The van der Waals surface area contributed by atoms with Gasteiger partial charge in [0, 0.05) is 6.54 Å². The van der Waals surface area contributed by atoms with Gasteiger partial charge in [-0.15, -0.1) is 0 Å². The Morgan fingerprint density at radius 2 is 2.38 bits per heavy atom. The van der Waals surface area contributed by atoms with Gasteiger partial charge in [-0.2, -0.15) is 5.26 Å². The van der Waals surface area contributed by atoms with E-state index < -0.39 is 0 Å². The summed E-state index contributed by atoms with van der Waals surface area (Å²) in [6, 6.07) is 7.66. The van der Waals surface area contributed by atoms with Crippen molar-refractivity contribution in [2.75, 3.05) is 23.8 Å². The molecule has 0 radical (unpaired) electrons. The number of anilines is 2. The summed E-state index contributed by atoms with van der Waals surface area (Å²) in [5, 5.41) is 18.2. The van der Waals surface area contributed by atoms with Crippen LogP contribution < -0.4 is 10.6 Å². The van der Waals surface area contributed by atoms with Gasteiger partial charge in [-0.05, 0) is 25.0 Å². The van der Waals surface area contributed by atoms with Crippen molar-refractivity contribution < 1.29 is 5.11 Å². The Hall–Kier alpha value is -1.73. The fourth-order valence-electron chi connectivity index (χ4n) is 2.24. The molecule has 0 aliphatic carbocycles. The molecule has 1 aromatic rings. The Morgan fingerprint density at radius 3 is 3.06 bits per heavy atom. The van der Waals surface area contributed by atoms with Gasteiger partial charge >= 0.3 is 0 Å². The molecule has 0 bridgehead atoms. The molecule has 1 aromatic carbocycles. The highest BCUT2D eigenvalue weighted by molar-refractivity contribution is 5.74. The number of nitriles is 1. The van der Waals surface area contributed by atoms with Crippen molar-refractivity contribution in [1.29, 1.82) is 5.26 Å². The first-order chi connectivity index (χ1) is 7.77. The molecule has 1 heterocycles. The minimum atomic E-state index is 0.135. The monoisotopic (exact) mass is 217 g/mol. The fraction of sp³-hybridized carbons (Fsp3) is 0.417. The largest absolute Gasteiger partial charge is 0.396 e. The minimum Gasteiger partial charge on any atom is -0.396 e. The van der Waals surface area contributed by atoms with E-state index in [1.54, 1.807) is 6.07 Å². The van der Waals surface area contributed by atoms with Crippen LogP contribution in [0.4, 0.5) is 11.4 Å². The first-order valence-corrected chi connectivity index (χ1v) is 5.44. The summed E-state index contributed by atoms with van der Waals surface area (Å²) in [6.45, 7) is 1.03. The number of benzene rings is 1. The van der Waals surface area contributed by atoms with Crippen LogP contribution in [0, 0.1) is 11.3 Å². The highest BCUT2D eigenvalue weighted by Crippen LogP contribution is 2.31. The number of hydrogen-bond donors (Lipinski definition) is 2. The van der Waals surface area contributed by atoms with E-state index in [9.17, 15) is 5.11 Å². The van der Waals surface area contributed by atoms with Gasteiger partial charge in [0.1, 0.15) is 6.07 Å². The molecule has 1 atom stereocenters. The Kier molecular flexibility index (Phi) is 2.97. The standard InChI is InChI=1S/C12H15N3O/c13-7-9-3-1-5-11(12(9)14)15-6-2-4-10(15)8-16/h1,3,5,10,16H,2,4,6,8,14H2. The van der Waals surface area contributed by atoms with Crippen LogP contribution in [0.1, 0.15) is 18.4 Å². The summed E-state index contributed by atoms with van der Waals surface area (Å²) in [4.78, 5) is 2.09. The number of aliphatic hydroxyl groups excluding tert-OH is 1. The van der Waals surface area contributed by atoms with Crippen molar-refractivity contribution in [3.8, 4) is 6.07 Å². The zero-order chi connectivity index (χ0) is 11.5. The molecule has 1 aliphatic heterocycles. The Labute approximate surface area is 94.9 Å². The average molecular weight is 217 g/mol. The third-order valence-electron chi connectivity index (χ3n) is 3.10. The van der Waals surface area contributed by atoms with E-state index in [4.69, 9.17) is 11.0 Å². The van der Waals surface area contributed by atoms with Crippen LogP contribution in [-0.4, -0.2) is 24.3 Å². The van der Waals surface area contributed by atoms with Crippen LogP contribution in [0.2, 0.25) is 0 Å². The maximum Gasteiger partial charge on any atom is 0.101 e. The molecule has 4 nitrogen and oxygen atoms in total. The number of aliphatic hydroxyl groups is 1. The molecule has 84 valence electrons. The molecule has 0 saturated carbocycles. The third kappa shape index (κ3) is 1.70. The predicted molar refractivity (Wildman–Crippen MR) is 63.0 cm³/mol. The first-order valence-electron chi connectivity index (χ1n) is 5.44. The number of hydrogen-bond acceptors (Lipinski definition) is 4. The molecule has 1 aliphatic rings. The Balaban J connectivity index is 2.37. The molecule has 0 amide bonds. The molecule has 4 heteroatoms. The highest BCUT2D eigenvalue weighted by atomic mass is 16.3. The summed E-state index contributed by atoms with van der Waals surface area (Å²) in [6.07, 6.45) is 2.04. The van der Waals surface area contributed by atoms with Crippen LogP contribution in [0.15, 0.2) is 18.2 Å². The van der Waals surface area contributed by atoms with Crippen LogP contribution in [0.3, 0.4) is 0 Å². The second-order valence-corrected chi connectivity index (χ2v) is 4.02. The van der Waals surface area contributed by atoms with Gasteiger partial charge in [0.05, 0.1) is 29.6 Å². The molecule has 16 heavy (non-hydrogen) atoms. The van der Waals surface area contributed by atoms with Crippen molar-refractivity contribution >= 4 is 11.4 Å². The molecular weight excluding hydrogens is 202 g/mol. The summed E-state index contributed by atoms with van der Waals surface area (Å²) in [7, 11) is 0. The molecule has 2 rings (SSSR count). The third-order valence-corrected chi connectivity index (χ3v) is 3.10. The van der Waals surface area contributed by atoms with Crippen LogP contribution in [0.5, 0.6) is 0 Å². The SMILES string of the molecule is N#Cc1cccc(N2CCCC2CO)c1N. The summed E-state index contributed by atoms with van der Waals surface area (Å²) >= 11 is 0. The van der Waals surface area contributed by atoms with Crippen LogP contribution in [-0.2, 0) is 0 Å². The maximum absolute atomic E-state index is 9.27. The van der Waals surface area contributed by atoms with E-state index in [0.717, 1.165) is 25.1 Å². The van der Waals surface area contributed by atoms with Crippen LogP contribution >= 0.6 is 0 Å². The summed E-state index contributed by atoms with van der Waals surface area (Å²) in [5.41, 5.74) is 7.84. The lowest BCUT2D eigenvalue weighted by Crippen LogP contribution is -2.32. The average Bonchev–Trinajstić information content (AvgIpc) is 2.77. The van der Waals surface area contributed by atoms with Crippen LogP contribution in [0.25, 0.3) is 0 Å². The number of rotatable bonds is 2. The maximum atomic E-state index is 9.27. The lowest BCUT2D eigenvalue weighted by molar-refractivity contribution is 0.266. The van der Waals surface area contributed by atoms with E-state index in [1.807, 2.05) is 12.1 Å². The number of nitrogens with two attached hydrogens (primary N) is 1. The van der Waals surface area contributed by atoms with Gasteiger partial charge in [-0.1, -0.05) is 6.07 Å². The van der Waals surface area contributed by atoms with Gasteiger partial charge in [0.25, 0.3) is 0 Å². The van der Waals surface area contributed by atoms with Crippen molar-refractivity contribution in [1.82, 2.24) is 0 Å². The van der Waals surface area contributed by atoms with Crippen molar-refractivity contribution in [2.24, 2.45) is 0 Å². The van der Waals surface area contributed by atoms with Gasteiger partial charge < -0.3 is 15.7 Å². The predicted octanol–water partition coefficient (Wildman–Crippen LogP) is 1.10. The highest BCUT2D eigenvalue weighted by Gasteiger charge is 2.25. The second-order valence-electron chi connectivity index (χ2n) is 4.02. The first kappa shape index (κ1) is 10.8. The number of para-hydroxylation sites is 1. The van der Waals surface area contributed by atoms with Gasteiger partial charge in [0.15, 0.2) is 0 Å². The normalized spacial score (nSPS) is 19.8. The van der Waals surface area contributed by atoms with E-state index >= 15 is 0 Å². The molecule has 1 saturated heterocycles. The number of nitrogen functional groups attached to an aromatic ring is 1. The van der Waals surface area contributed by atoms with Gasteiger partial charge in [-0.3, -0.25) is 0 Å². The second kappa shape index (κ2) is 4.42. The molecule has 3 N–H and O–H groups in total. The van der Waals surface area contributed by atoms with E-state index in [-0.39, 0.29) is 12.6 Å². The van der Waals surface area contributed by atoms with E-state index in [0.29, 0.717) is 11.3 Å². The summed E-state index contributed by atoms with van der Waals surface area (Å²) in [5.74, 6) is 0.